The van der Waals surface area contributed by atoms with Gasteiger partial charge in [-0.05, 0) is 25.0 Å². The number of benzene rings is 1. The Kier molecular flexibility index (Phi) is 5.61. The predicted octanol–water partition coefficient (Wildman–Crippen LogP) is 3.14. The number of hydrogen-bond acceptors (Lipinski definition) is 4. The summed E-state index contributed by atoms with van der Waals surface area (Å²) in [5.74, 6) is 4.68. The quantitative estimate of drug-likeness (QED) is 0.378. The number of alkyl halides is 3. The molecule has 1 aromatic carbocycles. The van der Waals surface area contributed by atoms with Crippen molar-refractivity contribution in [2.45, 2.75) is 32.0 Å². The van der Waals surface area contributed by atoms with Crippen LogP contribution in [0.25, 0.3) is 11.4 Å². The molecule has 10 heteroatoms. The molecule has 7 nitrogen and oxygen atoms in total. The van der Waals surface area contributed by atoms with E-state index in [0.717, 1.165) is 0 Å². The summed E-state index contributed by atoms with van der Waals surface area (Å²) in [5, 5.41) is 10.3. The Morgan fingerprint density at radius 2 is 1.92 bits per heavy atom. The second kappa shape index (κ2) is 7.66. The van der Waals surface area contributed by atoms with Crippen molar-refractivity contribution in [1.82, 2.24) is 14.8 Å². The number of aryl methyl sites for hydroxylation is 1. The fourth-order valence-corrected chi connectivity index (χ4v) is 2.01. The van der Waals surface area contributed by atoms with Crippen molar-refractivity contribution in [3.63, 3.8) is 0 Å². The molecular formula is C14H15F3N6O. The molecule has 0 spiro atoms. The minimum atomic E-state index is -4.13. The van der Waals surface area contributed by atoms with Crippen LogP contribution in [0, 0.1) is 0 Å². The molecule has 0 atom stereocenters. The van der Waals surface area contributed by atoms with Crippen molar-refractivity contribution in [3.8, 4) is 11.4 Å². The van der Waals surface area contributed by atoms with Crippen LogP contribution in [0.5, 0.6) is 0 Å². The Morgan fingerprint density at radius 1 is 1.21 bits per heavy atom. The van der Waals surface area contributed by atoms with Gasteiger partial charge in [-0.2, -0.15) is 18.3 Å². The number of unbranched alkanes of at least 4 members (excludes halogenated alkanes) is 1. The largest absolute Gasteiger partial charge is 0.389 e. The third-order valence-corrected chi connectivity index (χ3v) is 3.17. The van der Waals surface area contributed by atoms with Crippen LogP contribution in [0.2, 0.25) is 0 Å². The number of carbonyl (C=O) groups is 1. The molecule has 0 unspecified atom stereocenters. The standard InChI is InChI=1S/C14H15F3N6O/c15-14(16,17)7-1-2-8-23-9-19-12(21-23)10-3-5-11(6-4-10)13(24)20-22-18/h3-6,9H,1-2,7-8H2,(H2,18,20,24). The molecule has 0 aliphatic rings. The number of nitrogens with two attached hydrogens (primary N) is 1. The molecule has 2 rings (SSSR count). The first kappa shape index (κ1) is 17.6. The molecule has 0 aliphatic carbocycles. The van der Waals surface area contributed by atoms with Crippen LogP contribution >= 0.6 is 0 Å². The lowest BCUT2D eigenvalue weighted by atomic mass is 10.1. The Hall–Kier alpha value is -2.78. The molecule has 2 aromatic rings. The van der Waals surface area contributed by atoms with E-state index < -0.39 is 18.5 Å². The van der Waals surface area contributed by atoms with E-state index in [-0.39, 0.29) is 6.42 Å². The van der Waals surface area contributed by atoms with E-state index in [1.54, 1.807) is 12.1 Å². The van der Waals surface area contributed by atoms with Crippen LogP contribution < -0.4 is 5.84 Å². The summed E-state index contributed by atoms with van der Waals surface area (Å²) in [5.41, 5.74) is 0.991. The molecule has 0 radical (unpaired) electrons. The number of aromatic nitrogens is 3. The molecule has 0 bridgehead atoms. The summed E-state index contributed by atoms with van der Waals surface area (Å²) in [6.45, 7) is 0.358. The summed E-state index contributed by atoms with van der Waals surface area (Å²) >= 11 is 0. The van der Waals surface area contributed by atoms with Crippen LogP contribution in [0.15, 0.2) is 40.9 Å². The van der Waals surface area contributed by atoms with Gasteiger partial charge >= 0.3 is 6.18 Å². The van der Waals surface area contributed by atoms with Crippen LogP contribution in [0.4, 0.5) is 13.2 Å². The predicted molar refractivity (Wildman–Crippen MR) is 78.7 cm³/mol. The average Bonchev–Trinajstić information content (AvgIpc) is 3.00. The molecule has 0 saturated carbocycles. The summed E-state index contributed by atoms with van der Waals surface area (Å²) in [7, 11) is 0. The van der Waals surface area contributed by atoms with Gasteiger partial charge in [0.1, 0.15) is 6.33 Å². The zero-order valence-corrected chi connectivity index (χ0v) is 12.6. The van der Waals surface area contributed by atoms with E-state index in [2.05, 4.69) is 20.4 Å². The van der Waals surface area contributed by atoms with Gasteiger partial charge < -0.3 is 5.84 Å². The van der Waals surface area contributed by atoms with Gasteiger partial charge in [0.25, 0.3) is 5.91 Å². The molecule has 0 saturated heterocycles. The topological polar surface area (TPSA) is 98.5 Å². The maximum Gasteiger partial charge on any atom is 0.389 e. The summed E-state index contributed by atoms with van der Waals surface area (Å²) in [6.07, 6.45) is -3.06. The van der Waals surface area contributed by atoms with Crippen molar-refractivity contribution in [2.24, 2.45) is 16.2 Å². The zero-order valence-electron chi connectivity index (χ0n) is 12.6. The monoisotopic (exact) mass is 340 g/mol. The highest BCUT2D eigenvalue weighted by molar-refractivity contribution is 5.94. The number of halogens is 3. The molecule has 0 fully saturated rings. The van der Waals surface area contributed by atoms with Gasteiger partial charge in [-0.1, -0.05) is 22.5 Å². The summed E-state index contributed by atoms with van der Waals surface area (Å²) in [6, 6.07) is 6.36. The van der Waals surface area contributed by atoms with Crippen molar-refractivity contribution < 1.29 is 18.0 Å². The zero-order chi connectivity index (χ0) is 17.6. The van der Waals surface area contributed by atoms with Crippen molar-refractivity contribution >= 4 is 5.91 Å². The van der Waals surface area contributed by atoms with E-state index in [4.69, 9.17) is 5.84 Å². The molecule has 128 valence electrons. The number of rotatable bonds is 6. The minimum absolute atomic E-state index is 0.0468. The molecule has 0 aliphatic heterocycles. The lowest BCUT2D eigenvalue weighted by molar-refractivity contribution is -0.135. The first-order chi connectivity index (χ1) is 11.4. The lowest BCUT2D eigenvalue weighted by Crippen LogP contribution is -2.07. The summed E-state index contributed by atoms with van der Waals surface area (Å²) in [4.78, 5) is 15.6. The van der Waals surface area contributed by atoms with Crippen LogP contribution in [0.1, 0.15) is 29.6 Å². The molecule has 1 amide bonds. The first-order valence-electron chi connectivity index (χ1n) is 7.11. The minimum Gasteiger partial charge on any atom is -0.304 e. The van der Waals surface area contributed by atoms with Crippen LogP contribution in [-0.2, 0) is 6.54 Å². The van der Waals surface area contributed by atoms with Gasteiger partial charge in [0.15, 0.2) is 5.82 Å². The third kappa shape index (κ3) is 5.14. The Morgan fingerprint density at radius 3 is 2.54 bits per heavy atom. The highest BCUT2D eigenvalue weighted by atomic mass is 19.4. The van der Waals surface area contributed by atoms with Crippen LogP contribution in [0.3, 0.4) is 0 Å². The van der Waals surface area contributed by atoms with Crippen molar-refractivity contribution in [3.05, 3.63) is 36.2 Å². The molecule has 2 N–H and O–H groups in total. The number of nitrogens with zero attached hydrogens (tertiary/aromatic N) is 5. The molecule has 1 heterocycles. The Balaban J connectivity index is 1.94. The number of carbonyl (C=O) groups excluding carboxylic acids is 1. The second-order valence-electron chi connectivity index (χ2n) is 5.00. The van der Waals surface area contributed by atoms with E-state index in [1.165, 1.54) is 23.1 Å². The van der Waals surface area contributed by atoms with E-state index in [9.17, 15) is 18.0 Å². The van der Waals surface area contributed by atoms with Gasteiger partial charge in [-0.3, -0.25) is 9.48 Å². The second-order valence-corrected chi connectivity index (χ2v) is 5.00. The van der Waals surface area contributed by atoms with Gasteiger partial charge in [0.05, 0.1) is 0 Å². The van der Waals surface area contributed by atoms with Gasteiger partial charge in [-0.15, -0.1) is 0 Å². The van der Waals surface area contributed by atoms with Crippen LogP contribution in [-0.4, -0.2) is 26.8 Å². The Labute approximate surface area is 135 Å². The fraction of sp³-hybridized carbons (Fsp3) is 0.357. The van der Waals surface area contributed by atoms with Gasteiger partial charge in [0, 0.05) is 24.1 Å². The van der Waals surface area contributed by atoms with Gasteiger partial charge in [-0.25, -0.2) is 4.98 Å². The van der Waals surface area contributed by atoms with E-state index in [0.29, 0.717) is 29.9 Å². The molecular weight excluding hydrogens is 325 g/mol. The highest BCUT2D eigenvalue weighted by Crippen LogP contribution is 2.22. The molecule has 24 heavy (non-hydrogen) atoms. The summed E-state index contributed by atoms with van der Waals surface area (Å²) < 4.78 is 37.7. The average molecular weight is 340 g/mol. The van der Waals surface area contributed by atoms with Gasteiger partial charge in [0.2, 0.25) is 0 Å². The Bertz CT molecular complexity index is 708. The normalized spacial score (nSPS) is 12.0. The SMILES string of the molecule is NN=NC(=O)c1ccc(-c2ncn(CCCCC(F)(F)F)n2)cc1. The number of hydrogen-bond donors (Lipinski definition) is 1. The maximum atomic E-state index is 12.1. The molecule has 1 aromatic heterocycles. The maximum absolute atomic E-state index is 12.1. The van der Waals surface area contributed by atoms with E-state index >= 15 is 0 Å². The third-order valence-electron chi connectivity index (χ3n) is 3.17. The number of amides is 1. The van der Waals surface area contributed by atoms with E-state index in [1.807, 2.05) is 0 Å². The van der Waals surface area contributed by atoms with Crippen molar-refractivity contribution in [1.29, 1.82) is 0 Å². The first-order valence-corrected chi connectivity index (χ1v) is 7.11. The fourth-order valence-electron chi connectivity index (χ4n) is 2.01. The highest BCUT2D eigenvalue weighted by Gasteiger charge is 2.25. The van der Waals surface area contributed by atoms with Crippen molar-refractivity contribution in [2.75, 3.05) is 0 Å². The smallest absolute Gasteiger partial charge is 0.304 e. The lowest BCUT2D eigenvalue weighted by Gasteiger charge is -2.05.